The normalized spacial score (nSPS) is 10.7. The molecule has 0 spiro atoms. The number of ether oxygens (including phenoxy) is 1. The van der Waals surface area contributed by atoms with Gasteiger partial charge in [-0.1, -0.05) is 36.4 Å². The highest BCUT2D eigenvalue weighted by molar-refractivity contribution is 8.01. The van der Waals surface area contributed by atoms with Gasteiger partial charge in [0, 0.05) is 17.9 Å². The van der Waals surface area contributed by atoms with Crippen LogP contribution < -0.4 is 10.3 Å². The number of nitrogens with zero attached hydrogens (tertiary/aromatic N) is 1. The Bertz CT molecular complexity index is 864. The third kappa shape index (κ3) is 4.26. The molecular formula is C20H21N2O2S2+. The molecule has 3 aromatic rings. The van der Waals surface area contributed by atoms with E-state index in [-0.39, 0.29) is 5.97 Å². The molecule has 2 aromatic heterocycles. The van der Waals surface area contributed by atoms with E-state index in [1.54, 1.807) is 18.7 Å². The lowest BCUT2D eigenvalue weighted by Gasteiger charge is -2.01. The molecule has 0 fully saturated rings. The maximum atomic E-state index is 12.2. The predicted octanol–water partition coefficient (Wildman–Crippen LogP) is 4.12. The van der Waals surface area contributed by atoms with Gasteiger partial charge in [-0.15, -0.1) is 23.1 Å². The highest BCUT2D eigenvalue weighted by Gasteiger charge is 2.28. The van der Waals surface area contributed by atoms with Crippen molar-refractivity contribution in [2.45, 2.75) is 17.6 Å². The van der Waals surface area contributed by atoms with Crippen molar-refractivity contribution < 1.29 is 14.1 Å². The van der Waals surface area contributed by atoms with Crippen molar-refractivity contribution in [2.24, 2.45) is 0 Å². The van der Waals surface area contributed by atoms with Gasteiger partial charge in [-0.05, 0) is 18.9 Å². The molecule has 0 atom stereocenters. The Hall–Kier alpha value is -2.31. The second-order valence-electron chi connectivity index (χ2n) is 5.57. The lowest BCUT2D eigenvalue weighted by atomic mass is 10.2. The van der Waals surface area contributed by atoms with Gasteiger partial charge in [0.15, 0.2) is 12.4 Å². The quantitative estimate of drug-likeness (QED) is 0.378. The van der Waals surface area contributed by atoms with Crippen LogP contribution >= 0.6 is 23.1 Å². The summed E-state index contributed by atoms with van der Waals surface area (Å²) in [5.41, 5.74) is 8.96. The van der Waals surface area contributed by atoms with E-state index in [1.165, 1.54) is 16.9 Å². The molecule has 0 aliphatic heterocycles. The Morgan fingerprint density at radius 1 is 1.15 bits per heavy atom. The molecule has 0 amide bonds. The number of thiophene rings is 1. The molecule has 4 nitrogen and oxygen atoms in total. The second kappa shape index (κ2) is 8.87. The first kappa shape index (κ1) is 18.5. The first-order valence-corrected chi connectivity index (χ1v) is 10.2. The van der Waals surface area contributed by atoms with Crippen molar-refractivity contribution in [1.29, 1.82) is 0 Å². The molecule has 0 aliphatic carbocycles. The summed E-state index contributed by atoms with van der Waals surface area (Å²) >= 11 is 3.12. The van der Waals surface area contributed by atoms with Gasteiger partial charge in [0.1, 0.15) is 14.8 Å². The number of thioether (sulfide) groups is 1. The predicted molar refractivity (Wildman–Crippen MR) is 107 cm³/mol. The Morgan fingerprint density at radius 2 is 1.85 bits per heavy atom. The van der Waals surface area contributed by atoms with E-state index in [0.717, 1.165) is 22.1 Å². The van der Waals surface area contributed by atoms with E-state index in [4.69, 9.17) is 10.5 Å². The summed E-state index contributed by atoms with van der Waals surface area (Å²) in [7, 11) is 0. The van der Waals surface area contributed by atoms with Gasteiger partial charge in [-0.2, -0.15) is 4.57 Å². The minimum Gasteiger partial charge on any atom is -0.462 e. The molecule has 3 rings (SSSR count). The first-order chi connectivity index (χ1) is 12.7. The van der Waals surface area contributed by atoms with E-state index < -0.39 is 0 Å². The van der Waals surface area contributed by atoms with Crippen LogP contribution in [0.25, 0.3) is 5.69 Å². The van der Waals surface area contributed by atoms with Gasteiger partial charge in [-0.3, -0.25) is 0 Å². The number of benzene rings is 1. The summed E-state index contributed by atoms with van der Waals surface area (Å²) in [5, 5.41) is 0. The van der Waals surface area contributed by atoms with Crippen LogP contribution in [-0.4, -0.2) is 18.3 Å². The van der Waals surface area contributed by atoms with E-state index in [9.17, 15) is 4.79 Å². The first-order valence-electron chi connectivity index (χ1n) is 8.43. The zero-order valence-electron chi connectivity index (χ0n) is 14.6. The highest BCUT2D eigenvalue weighted by atomic mass is 32.2. The summed E-state index contributed by atoms with van der Waals surface area (Å²) in [4.78, 5) is 12.7. The topological polar surface area (TPSA) is 56.2 Å². The Morgan fingerprint density at radius 3 is 2.54 bits per heavy atom. The molecule has 0 saturated heterocycles. The van der Waals surface area contributed by atoms with E-state index in [0.29, 0.717) is 17.2 Å². The van der Waals surface area contributed by atoms with Crippen molar-refractivity contribution in [3.05, 3.63) is 71.4 Å². The van der Waals surface area contributed by atoms with Crippen LogP contribution in [0, 0.1) is 0 Å². The number of carbonyl (C=O) groups excluding carboxylic acids is 1. The summed E-state index contributed by atoms with van der Waals surface area (Å²) in [6.07, 6.45) is 4.83. The van der Waals surface area contributed by atoms with Crippen LogP contribution in [-0.2, 0) is 11.2 Å². The van der Waals surface area contributed by atoms with Crippen LogP contribution in [0.3, 0.4) is 0 Å². The zero-order chi connectivity index (χ0) is 18.4. The number of carbonyl (C=O) groups is 1. The van der Waals surface area contributed by atoms with E-state index >= 15 is 0 Å². The summed E-state index contributed by atoms with van der Waals surface area (Å²) in [5.74, 6) is 0.551. The van der Waals surface area contributed by atoms with Crippen molar-refractivity contribution >= 4 is 34.8 Å². The van der Waals surface area contributed by atoms with Crippen LogP contribution in [0.5, 0.6) is 0 Å². The monoisotopic (exact) mass is 385 g/mol. The number of nitrogen functional groups attached to an aromatic ring is 1. The second-order valence-corrected chi connectivity index (χ2v) is 7.95. The van der Waals surface area contributed by atoms with Crippen molar-refractivity contribution in [1.82, 2.24) is 0 Å². The van der Waals surface area contributed by atoms with Crippen molar-refractivity contribution in [2.75, 3.05) is 18.1 Å². The molecule has 6 heteroatoms. The fourth-order valence-electron chi connectivity index (χ4n) is 2.56. The molecule has 0 saturated carbocycles. The number of rotatable bonds is 7. The largest absolute Gasteiger partial charge is 0.462 e. The summed E-state index contributed by atoms with van der Waals surface area (Å²) in [6.45, 7) is 2.13. The maximum absolute atomic E-state index is 12.2. The van der Waals surface area contributed by atoms with Gasteiger partial charge in [0.05, 0.1) is 6.61 Å². The molecule has 2 heterocycles. The average molecular weight is 386 g/mol. The van der Waals surface area contributed by atoms with Gasteiger partial charge in [-0.25, -0.2) is 4.79 Å². The Balaban J connectivity index is 1.87. The van der Waals surface area contributed by atoms with Gasteiger partial charge >= 0.3 is 5.97 Å². The van der Waals surface area contributed by atoms with E-state index in [1.807, 2.05) is 53.4 Å². The highest BCUT2D eigenvalue weighted by Crippen LogP contribution is 2.39. The van der Waals surface area contributed by atoms with Crippen LogP contribution in [0.15, 0.2) is 65.1 Å². The standard InChI is InChI=1S/C20H20N2O2S2/c1-2-24-19(23)18-16(21)17(22-12-7-4-8-13-22)20(26-18)25-14-11-15-9-5-3-6-10-15/h3-10,12-13H,2,11,14H2,1H3,(H-,21,23)/p+1. The zero-order valence-corrected chi connectivity index (χ0v) is 16.2. The van der Waals surface area contributed by atoms with Gasteiger partial charge in [0.25, 0.3) is 5.69 Å². The number of hydrogen-bond donors (Lipinski definition) is 1. The molecule has 0 bridgehead atoms. The average Bonchev–Trinajstić information content (AvgIpc) is 3.00. The molecule has 0 aliphatic rings. The number of nitrogens with two attached hydrogens (primary N) is 1. The molecule has 26 heavy (non-hydrogen) atoms. The SMILES string of the molecule is CCOC(=O)c1sc(SCCc2ccccc2)c(-[n+]2ccccc2)c1N. The number of anilines is 1. The minimum absolute atomic E-state index is 0.334. The Labute approximate surface area is 161 Å². The van der Waals surface area contributed by atoms with Crippen LogP contribution in [0.4, 0.5) is 5.69 Å². The third-order valence-electron chi connectivity index (χ3n) is 3.79. The fraction of sp³-hybridized carbons (Fsp3) is 0.200. The van der Waals surface area contributed by atoms with Gasteiger partial charge in [0.2, 0.25) is 0 Å². The van der Waals surface area contributed by atoms with Gasteiger partial charge < -0.3 is 10.5 Å². The van der Waals surface area contributed by atoms with Crippen molar-refractivity contribution in [3.63, 3.8) is 0 Å². The smallest absolute Gasteiger partial charge is 0.350 e. The molecule has 134 valence electrons. The molecular weight excluding hydrogens is 364 g/mol. The molecule has 1 aromatic carbocycles. The number of esters is 1. The minimum atomic E-state index is -0.359. The number of aryl methyl sites for hydroxylation is 1. The third-order valence-corrected chi connectivity index (χ3v) is 6.23. The molecule has 2 N–H and O–H groups in total. The molecule has 0 radical (unpaired) electrons. The van der Waals surface area contributed by atoms with Crippen LogP contribution in [0.1, 0.15) is 22.2 Å². The van der Waals surface area contributed by atoms with Crippen molar-refractivity contribution in [3.8, 4) is 5.69 Å². The lowest BCUT2D eigenvalue weighted by molar-refractivity contribution is -0.596. The fourth-order valence-corrected chi connectivity index (χ4v) is 5.02. The number of pyridine rings is 1. The Kier molecular flexibility index (Phi) is 6.30. The lowest BCUT2D eigenvalue weighted by Crippen LogP contribution is -2.30. The van der Waals surface area contributed by atoms with E-state index in [2.05, 4.69) is 12.1 Å². The summed E-state index contributed by atoms with van der Waals surface area (Å²) in [6, 6.07) is 16.2. The summed E-state index contributed by atoms with van der Waals surface area (Å²) < 4.78 is 8.14. The number of hydrogen-bond acceptors (Lipinski definition) is 5. The van der Waals surface area contributed by atoms with Crippen LogP contribution in [0.2, 0.25) is 0 Å². The number of aromatic nitrogens is 1. The maximum Gasteiger partial charge on any atom is 0.350 e. The molecule has 0 unspecified atom stereocenters.